The summed E-state index contributed by atoms with van der Waals surface area (Å²) in [6, 6.07) is 0. The minimum atomic E-state index is -1.44. The molecule has 0 saturated carbocycles. The first kappa shape index (κ1) is 12.8. The van der Waals surface area contributed by atoms with Crippen molar-refractivity contribution in [2.75, 3.05) is 19.8 Å². The minimum absolute atomic E-state index is 0.0668. The molecule has 1 rings (SSSR count). The SMILES string of the molecule is OCCOC1O[C@H](CO)[C@@H](O)[C@H](O)[C@H]1O. The van der Waals surface area contributed by atoms with E-state index in [9.17, 15) is 15.3 Å². The van der Waals surface area contributed by atoms with Crippen molar-refractivity contribution in [3.05, 3.63) is 0 Å². The van der Waals surface area contributed by atoms with Gasteiger partial charge in [-0.25, -0.2) is 0 Å². The van der Waals surface area contributed by atoms with Crippen molar-refractivity contribution >= 4 is 0 Å². The number of rotatable bonds is 4. The largest absolute Gasteiger partial charge is 0.394 e. The van der Waals surface area contributed by atoms with Crippen LogP contribution in [0.4, 0.5) is 0 Å². The number of ether oxygens (including phenoxy) is 2. The molecule has 1 unspecified atom stereocenters. The molecule has 5 atom stereocenters. The van der Waals surface area contributed by atoms with E-state index in [2.05, 4.69) is 0 Å². The first-order chi connectivity index (χ1) is 7.11. The molecule has 0 amide bonds. The summed E-state index contributed by atoms with van der Waals surface area (Å²) < 4.78 is 9.88. The minimum Gasteiger partial charge on any atom is -0.394 e. The maximum absolute atomic E-state index is 9.42. The van der Waals surface area contributed by atoms with Gasteiger partial charge >= 0.3 is 0 Å². The summed E-state index contributed by atoms with van der Waals surface area (Å²) in [5, 5.41) is 45.5. The van der Waals surface area contributed by atoms with Crippen LogP contribution in [0.5, 0.6) is 0 Å². The number of hydrogen-bond donors (Lipinski definition) is 5. The molecule has 5 N–H and O–H groups in total. The zero-order chi connectivity index (χ0) is 11.4. The van der Waals surface area contributed by atoms with Gasteiger partial charge in [0.2, 0.25) is 0 Å². The third-order valence-corrected chi connectivity index (χ3v) is 2.22. The monoisotopic (exact) mass is 224 g/mol. The van der Waals surface area contributed by atoms with Gasteiger partial charge in [0, 0.05) is 0 Å². The van der Waals surface area contributed by atoms with E-state index in [1.165, 1.54) is 0 Å². The van der Waals surface area contributed by atoms with Crippen LogP contribution in [-0.2, 0) is 9.47 Å². The Labute approximate surface area is 86.5 Å². The maximum atomic E-state index is 9.42. The Balaban J connectivity index is 2.57. The van der Waals surface area contributed by atoms with Gasteiger partial charge in [-0.1, -0.05) is 0 Å². The first-order valence-corrected chi connectivity index (χ1v) is 4.64. The van der Waals surface area contributed by atoms with Crippen molar-refractivity contribution in [3.8, 4) is 0 Å². The maximum Gasteiger partial charge on any atom is 0.186 e. The van der Waals surface area contributed by atoms with Crippen LogP contribution in [0.15, 0.2) is 0 Å². The van der Waals surface area contributed by atoms with Gasteiger partial charge in [0.1, 0.15) is 24.4 Å². The second-order valence-electron chi connectivity index (χ2n) is 3.29. The molecule has 0 spiro atoms. The highest BCUT2D eigenvalue weighted by Gasteiger charge is 2.43. The van der Waals surface area contributed by atoms with Gasteiger partial charge in [0.25, 0.3) is 0 Å². The lowest BCUT2D eigenvalue weighted by Gasteiger charge is -2.39. The Morgan fingerprint density at radius 1 is 1.00 bits per heavy atom. The van der Waals surface area contributed by atoms with E-state index >= 15 is 0 Å². The number of hydrogen-bond acceptors (Lipinski definition) is 7. The van der Waals surface area contributed by atoms with Gasteiger partial charge < -0.3 is 35.0 Å². The van der Waals surface area contributed by atoms with E-state index in [-0.39, 0.29) is 13.2 Å². The van der Waals surface area contributed by atoms with Crippen molar-refractivity contribution in [1.82, 2.24) is 0 Å². The van der Waals surface area contributed by atoms with Crippen LogP contribution in [0.2, 0.25) is 0 Å². The third-order valence-electron chi connectivity index (χ3n) is 2.22. The average Bonchev–Trinajstić information content (AvgIpc) is 2.25. The highest BCUT2D eigenvalue weighted by atomic mass is 16.7. The zero-order valence-electron chi connectivity index (χ0n) is 8.06. The second kappa shape index (κ2) is 5.71. The summed E-state index contributed by atoms with van der Waals surface area (Å²) in [7, 11) is 0. The quantitative estimate of drug-likeness (QED) is 0.341. The third kappa shape index (κ3) is 2.85. The van der Waals surface area contributed by atoms with E-state index in [0.29, 0.717) is 0 Å². The molecule has 0 aromatic heterocycles. The van der Waals surface area contributed by atoms with E-state index in [1.54, 1.807) is 0 Å². The van der Waals surface area contributed by atoms with E-state index in [4.69, 9.17) is 19.7 Å². The molecule has 1 saturated heterocycles. The molecule has 0 bridgehead atoms. The Morgan fingerprint density at radius 2 is 1.67 bits per heavy atom. The van der Waals surface area contributed by atoms with Crippen molar-refractivity contribution in [2.24, 2.45) is 0 Å². The van der Waals surface area contributed by atoms with Crippen molar-refractivity contribution < 1.29 is 35.0 Å². The summed E-state index contributed by atoms with van der Waals surface area (Å²) >= 11 is 0. The summed E-state index contributed by atoms with van der Waals surface area (Å²) in [6.45, 7) is -0.818. The average molecular weight is 224 g/mol. The van der Waals surface area contributed by atoms with Crippen molar-refractivity contribution in [3.63, 3.8) is 0 Å². The molecule has 15 heavy (non-hydrogen) atoms. The molecule has 7 heteroatoms. The molecule has 0 aromatic rings. The predicted octanol–water partition coefficient (Wildman–Crippen LogP) is -3.20. The topological polar surface area (TPSA) is 120 Å². The van der Waals surface area contributed by atoms with Crippen LogP contribution in [0, 0.1) is 0 Å². The Hall–Kier alpha value is -0.280. The van der Waals surface area contributed by atoms with Crippen LogP contribution in [0.1, 0.15) is 0 Å². The molecule has 90 valence electrons. The summed E-state index contributed by atoms with van der Waals surface area (Å²) in [4.78, 5) is 0. The van der Waals surface area contributed by atoms with E-state index in [1.807, 2.05) is 0 Å². The molecule has 1 heterocycles. The van der Waals surface area contributed by atoms with Gasteiger partial charge in [-0.05, 0) is 0 Å². The lowest BCUT2D eigenvalue weighted by Crippen LogP contribution is -2.59. The zero-order valence-corrected chi connectivity index (χ0v) is 8.06. The Morgan fingerprint density at radius 3 is 2.20 bits per heavy atom. The highest BCUT2D eigenvalue weighted by Crippen LogP contribution is 2.21. The molecule has 0 aromatic carbocycles. The predicted molar refractivity (Wildman–Crippen MR) is 46.8 cm³/mol. The Bertz CT molecular complexity index is 186. The molecule has 1 aliphatic heterocycles. The standard InChI is InChI=1S/C8H16O7/c9-1-2-14-8-7(13)6(12)5(11)4(3-10)15-8/h4-13H,1-3H2/t4-,5-,6+,7-,8?/m1/s1. The van der Waals surface area contributed by atoms with Crippen LogP contribution < -0.4 is 0 Å². The van der Waals surface area contributed by atoms with Crippen LogP contribution >= 0.6 is 0 Å². The molecular formula is C8H16O7. The molecule has 7 nitrogen and oxygen atoms in total. The number of aliphatic hydroxyl groups is 5. The van der Waals surface area contributed by atoms with Crippen LogP contribution in [0.25, 0.3) is 0 Å². The molecular weight excluding hydrogens is 208 g/mol. The molecule has 1 aliphatic rings. The van der Waals surface area contributed by atoms with Gasteiger partial charge in [-0.3, -0.25) is 0 Å². The molecule has 0 radical (unpaired) electrons. The highest BCUT2D eigenvalue weighted by molar-refractivity contribution is 4.88. The summed E-state index contributed by atoms with van der Waals surface area (Å²) in [6.07, 6.45) is -6.38. The van der Waals surface area contributed by atoms with Crippen LogP contribution in [0.3, 0.4) is 0 Å². The fourth-order valence-electron chi connectivity index (χ4n) is 1.37. The van der Waals surface area contributed by atoms with Gasteiger partial charge in [-0.15, -0.1) is 0 Å². The van der Waals surface area contributed by atoms with Crippen molar-refractivity contribution in [1.29, 1.82) is 0 Å². The van der Waals surface area contributed by atoms with Crippen molar-refractivity contribution in [2.45, 2.75) is 30.7 Å². The van der Waals surface area contributed by atoms with Gasteiger partial charge in [0.05, 0.1) is 19.8 Å². The van der Waals surface area contributed by atoms with Gasteiger partial charge in [0.15, 0.2) is 6.29 Å². The summed E-state index contributed by atoms with van der Waals surface area (Å²) in [5.74, 6) is 0. The fraction of sp³-hybridized carbons (Fsp3) is 1.00. The van der Waals surface area contributed by atoms with Crippen LogP contribution in [-0.4, -0.2) is 76.1 Å². The summed E-state index contributed by atoms with van der Waals surface area (Å²) in [5.41, 5.74) is 0. The second-order valence-corrected chi connectivity index (χ2v) is 3.29. The lowest BCUT2D eigenvalue weighted by atomic mass is 9.99. The van der Waals surface area contributed by atoms with E-state index in [0.717, 1.165) is 0 Å². The smallest absolute Gasteiger partial charge is 0.186 e. The Kier molecular flexibility index (Phi) is 4.87. The number of aliphatic hydroxyl groups excluding tert-OH is 5. The first-order valence-electron chi connectivity index (χ1n) is 4.64. The molecule has 1 fully saturated rings. The van der Waals surface area contributed by atoms with Gasteiger partial charge in [-0.2, -0.15) is 0 Å². The van der Waals surface area contributed by atoms with E-state index < -0.39 is 37.3 Å². The fourth-order valence-corrected chi connectivity index (χ4v) is 1.37. The molecule has 0 aliphatic carbocycles. The lowest BCUT2D eigenvalue weighted by molar-refractivity contribution is -0.302. The normalized spacial score (nSPS) is 41.8.